The number of nitroso groups, excluding NO2 is 1. The molecule has 0 spiro atoms. The first-order valence-electron chi connectivity index (χ1n) is 10.2. The highest BCUT2D eigenvalue weighted by Gasteiger charge is 2.17. The van der Waals surface area contributed by atoms with Crippen molar-refractivity contribution in [3.63, 3.8) is 0 Å². The molecule has 18 heteroatoms. The number of H-pyrrole nitrogens is 2. The summed E-state index contributed by atoms with van der Waals surface area (Å²) in [4.78, 5) is 57.6. The number of aliphatic hydroxyl groups excluding tert-OH is 2. The molecule has 0 amide bonds. The third-order valence-corrected chi connectivity index (χ3v) is 4.61. The fourth-order valence-electron chi connectivity index (χ4n) is 3.04. The summed E-state index contributed by atoms with van der Waals surface area (Å²) in [5, 5.41) is 24.1. The molecule has 4 rings (SSSR count). The summed E-state index contributed by atoms with van der Waals surface area (Å²) in [5.41, 5.74) is -0.715. The average Bonchev–Trinajstić information content (AvgIpc) is 3.45. The molecule has 18 nitrogen and oxygen atoms in total. The Morgan fingerprint density at radius 2 is 1.51 bits per heavy atom. The standard InChI is InChI=1S/C17H21N11O7/c29-1-3-34-8-26-5-18-10-12(26)21-16(23-14(10)31)20-7-28(25-33)17-22-13-11(15(32)24-17)19-6-27(13)9-35-4-2-30/h5-6,29-30H,1-4,7-9H2,(H,22,24,32)(H2,20,21,23,31). The van der Waals surface area contributed by atoms with Gasteiger partial charge in [0.1, 0.15) is 20.1 Å². The van der Waals surface area contributed by atoms with E-state index in [1.165, 1.54) is 21.8 Å². The molecule has 4 aromatic rings. The lowest BCUT2D eigenvalue weighted by atomic mass is 10.5. The van der Waals surface area contributed by atoms with E-state index in [1.807, 2.05) is 0 Å². The van der Waals surface area contributed by atoms with E-state index in [9.17, 15) is 14.5 Å². The van der Waals surface area contributed by atoms with E-state index in [2.05, 4.69) is 40.5 Å². The van der Waals surface area contributed by atoms with E-state index < -0.39 is 11.1 Å². The summed E-state index contributed by atoms with van der Waals surface area (Å²) in [6.45, 7) is -0.522. The Morgan fingerprint density at radius 3 is 2.09 bits per heavy atom. The minimum atomic E-state index is -0.612. The molecule has 4 aromatic heterocycles. The Balaban J connectivity index is 1.55. The predicted octanol–water partition coefficient (Wildman–Crippen LogP) is -1.96. The fraction of sp³-hybridized carbons (Fsp3) is 0.412. The van der Waals surface area contributed by atoms with Crippen LogP contribution in [-0.2, 0) is 22.9 Å². The second-order valence-electron chi connectivity index (χ2n) is 6.92. The van der Waals surface area contributed by atoms with Crippen molar-refractivity contribution < 1.29 is 19.7 Å². The first kappa shape index (κ1) is 23.9. The Labute approximate surface area is 194 Å². The molecule has 0 aromatic carbocycles. The number of hydrogen-bond donors (Lipinski definition) is 5. The topological polar surface area (TPSA) is 231 Å². The summed E-state index contributed by atoms with van der Waals surface area (Å²) in [6, 6.07) is 0. The smallest absolute Gasteiger partial charge is 0.280 e. The van der Waals surface area contributed by atoms with E-state index in [-0.39, 0.29) is 80.8 Å². The van der Waals surface area contributed by atoms with Gasteiger partial charge in [-0.15, -0.1) is 4.91 Å². The van der Waals surface area contributed by atoms with Gasteiger partial charge in [-0.1, -0.05) is 0 Å². The molecule has 0 saturated carbocycles. The third-order valence-electron chi connectivity index (χ3n) is 4.61. The van der Waals surface area contributed by atoms with Gasteiger partial charge < -0.3 is 25.0 Å². The summed E-state index contributed by atoms with van der Waals surface area (Å²) in [6.07, 6.45) is 2.70. The molecule has 0 aliphatic carbocycles. The summed E-state index contributed by atoms with van der Waals surface area (Å²) in [5.74, 6) is -0.203. The van der Waals surface area contributed by atoms with Crippen molar-refractivity contribution in [1.82, 2.24) is 39.0 Å². The van der Waals surface area contributed by atoms with E-state index in [0.717, 1.165) is 5.01 Å². The van der Waals surface area contributed by atoms with Gasteiger partial charge in [-0.3, -0.25) is 28.7 Å². The van der Waals surface area contributed by atoms with Crippen LogP contribution in [0, 0.1) is 4.91 Å². The molecule has 0 unspecified atom stereocenters. The maximum Gasteiger partial charge on any atom is 0.280 e. The number of nitrogens with one attached hydrogen (secondary N) is 3. The van der Waals surface area contributed by atoms with Crippen molar-refractivity contribution >= 4 is 34.2 Å². The van der Waals surface area contributed by atoms with Crippen LogP contribution in [0.3, 0.4) is 0 Å². The summed E-state index contributed by atoms with van der Waals surface area (Å²) >= 11 is 0. The maximum absolute atomic E-state index is 12.4. The molecule has 35 heavy (non-hydrogen) atoms. The van der Waals surface area contributed by atoms with Crippen LogP contribution in [0.25, 0.3) is 22.3 Å². The molecule has 0 aliphatic rings. The molecular weight excluding hydrogens is 470 g/mol. The van der Waals surface area contributed by atoms with Gasteiger partial charge in [-0.25, -0.2) is 9.97 Å². The first-order valence-corrected chi connectivity index (χ1v) is 10.2. The minimum Gasteiger partial charge on any atom is -0.394 e. The minimum absolute atomic E-state index is 0.00840. The molecule has 0 fully saturated rings. The number of aliphatic hydroxyl groups is 2. The summed E-state index contributed by atoms with van der Waals surface area (Å²) < 4.78 is 13.4. The third kappa shape index (κ3) is 5.14. The lowest BCUT2D eigenvalue weighted by Crippen LogP contribution is -2.29. The monoisotopic (exact) mass is 491 g/mol. The number of ether oxygens (including phenoxy) is 2. The van der Waals surface area contributed by atoms with Gasteiger partial charge in [-0.05, 0) is 0 Å². The number of anilines is 2. The normalized spacial score (nSPS) is 11.4. The lowest BCUT2D eigenvalue weighted by molar-refractivity contribution is 0.0499. The Hall–Kier alpha value is -4.26. The molecule has 186 valence electrons. The van der Waals surface area contributed by atoms with Crippen LogP contribution in [0.4, 0.5) is 11.9 Å². The number of nitrogens with zero attached hydrogens (tertiary/aromatic N) is 8. The van der Waals surface area contributed by atoms with Crippen molar-refractivity contribution in [3.8, 4) is 0 Å². The molecular formula is C17H21N11O7. The highest BCUT2D eigenvalue weighted by molar-refractivity contribution is 5.71. The zero-order valence-corrected chi connectivity index (χ0v) is 18.1. The number of imidazole rings is 2. The molecule has 0 bridgehead atoms. The van der Waals surface area contributed by atoms with Crippen molar-refractivity contribution in [1.29, 1.82) is 0 Å². The highest BCUT2D eigenvalue weighted by atomic mass is 16.5. The summed E-state index contributed by atoms with van der Waals surface area (Å²) in [7, 11) is 0. The second-order valence-corrected chi connectivity index (χ2v) is 6.92. The van der Waals surface area contributed by atoms with Crippen LogP contribution in [0.2, 0.25) is 0 Å². The fourth-order valence-corrected chi connectivity index (χ4v) is 3.04. The maximum atomic E-state index is 12.4. The van der Waals surface area contributed by atoms with Gasteiger partial charge in [0.2, 0.25) is 11.9 Å². The van der Waals surface area contributed by atoms with Crippen LogP contribution in [0.5, 0.6) is 0 Å². The molecule has 0 atom stereocenters. The molecule has 4 heterocycles. The molecule has 5 N–H and O–H groups in total. The number of aromatic nitrogens is 8. The number of rotatable bonds is 13. The van der Waals surface area contributed by atoms with Crippen molar-refractivity contribution in [3.05, 3.63) is 38.3 Å². The molecule has 0 radical (unpaired) electrons. The van der Waals surface area contributed by atoms with Crippen molar-refractivity contribution in [2.75, 3.05) is 43.4 Å². The van der Waals surface area contributed by atoms with Crippen LogP contribution in [-0.4, -0.2) is 82.3 Å². The average molecular weight is 491 g/mol. The van der Waals surface area contributed by atoms with E-state index in [0.29, 0.717) is 0 Å². The quantitative estimate of drug-likeness (QED) is 0.0592. The Kier molecular flexibility index (Phi) is 7.35. The second kappa shape index (κ2) is 10.8. The van der Waals surface area contributed by atoms with E-state index >= 15 is 0 Å². The number of fused-ring (bicyclic) bond motifs is 2. The Bertz CT molecular complexity index is 1430. The van der Waals surface area contributed by atoms with Gasteiger partial charge in [0.15, 0.2) is 22.3 Å². The van der Waals surface area contributed by atoms with Gasteiger partial charge in [0.05, 0.1) is 44.4 Å². The van der Waals surface area contributed by atoms with Crippen molar-refractivity contribution in [2.45, 2.75) is 13.5 Å². The van der Waals surface area contributed by atoms with E-state index in [1.54, 1.807) is 0 Å². The van der Waals surface area contributed by atoms with Crippen molar-refractivity contribution in [2.24, 2.45) is 5.29 Å². The Morgan fingerprint density at radius 1 is 0.943 bits per heavy atom. The first-order chi connectivity index (χ1) is 17.0. The zero-order valence-electron chi connectivity index (χ0n) is 18.1. The molecule has 0 saturated heterocycles. The van der Waals surface area contributed by atoms with Gasteiger partial charge in [0.25, 0.3) is 11.1 Å². The zero-order chi connectivity index (χ0) is 24.8. The number of hydrogen-bond acceptors (Lipinski definition) is 13. The van der Waals surface area contributed by atoms with Crippen LogP contribution < -0.4 is 21.4 Å². The van der Waals surface area contributed by atoms with Crippen LogP contribution in [0.15, 0.2) is 27.5 Å². The largest absolute Gasteiger partial charge is 0.394 e. The predicted molar refractivity (Wildman–Crippen MR) is 119 cm³/mol. The SMILES string of the molecule is O=NN(CNc1nc2c(ncn2COCCO)c(=O)[nH]1)c1nc2c(ncn2COCCO)c(=O)[nH]1. The highest BCUT2D eigenvalue weighted by Crippen LogP contribution is 2.13. The number of aromatic amines is 2. The van der Waals surface area contributed by atoms with Gasteiger partial charge in [-0.2, -0.15) is 15.0 Å². The van der Waals surface area contributed by atoms with E-state index in [4.69, 9.17) is 19.7 Å². The van der Waals surface area contributed by atoms with Crippen LogP contribution in [0.1, 0.15) is 0 Å². The van der Waals surface area contributed by atoms with Gasteiger partial charge in [0, 0.05) is 0 Å². The van der Waals surface area contributed by atoms with Crippen LogP contribution >= 0.6 is 0 Å². The lowest BCUT2D eigenvalue weighted by Gasteiger charge is -2.15. The van der Waals surface area contributed by atoms with Gasteiger partial charge >= 0.3 is 0 Å². The molecule has 0 aliphatic heterocycles.